The van der Waals surface area contributed by atoms with Gasteiger partial charge in [0.25, 0.3) is 0 Å². The minimum atomic E-state index is 0.637. The Kier molecular flexibility index (Phi) is 36.5. The van der Waals surface area contributed by atoms with Gasteiger partial charge < -0.3 is 9.80 Å². The molecule has 292 valence electrons. The highest BCUT2D eigenvalue weighted by atomic mass is 15.4. The average molecular weight is 687 g/mol. The van der Waals surface area contributed by atoms with E-state index >= 15 is 0 Å². The molecular weight excluding hydrogens is 593 g/mol. The Morgan fingerprint density at radius 2 is 0.469 bits per heavy atom. The summed E-state index contributed by atoms with van der Waals surface area (Å²) in [6, 6.07) is 0. The SMILES string of the molecule is CCCCCCCCCCCCCCCCCCN1C=CN(CCCCCCCCCC)C1CCCCCCCCCCCCCCCC. The molecule has 0 aliphatic carbocycles. The minimum absolute atomic E-state index is 0.637. The van der Waals surface area contributed by atoms with Crippen molar-refractivity contribution in [2.45, 2.75) is 277 Å². The van der Waals surface area contributed by atoms with E-state index in [1.54, 1.807) is 0 Å². The fraction of sp³-hybridized carbons (Fsp3) is 0.957. The maximum absolute atomic E-state index is 2.73. The van der Waals surface area contributed by atoms with Gasteiger partial charge in [0.05, 0.1) is 0 Å². The number of hydrogen-bond donors (Lipinski definition) is 0. The van der Waals surface area contributed by atoms with E-state index in [0.717, 1.165) is 0 Å². The van der Waals surface area contributed by atoms with E-state index < -0.39 is 0 Å². The molecule has 0 saturated heterocycles. The summed E-state index contributed by atoms with van der Waals surface area (Å²) >= 11 is 0. The van der Waals surface area contributed by atoms with E-state index in [-0.39, 0.29) is 0 Å². The van der Waals surface area contributed by atoms with Crippen LogP contribution in [-0.2, 0) is 0 Å². The van der Waals surface area contributed by atoms with Crippen LogP contribution >= 0.6 is 0 Å². The second-order valence-corrected chi connectivity index (χ2v) is 16.4. The predicted molar refractivity (Wildman–Crippen MR) is 223 cm³/mol. The van der Waals surface area contributed by atoms with Crippen molar-refractivity contribution in [1.29, 1.82) is 0 Å². The fourth-order valence-corrected chi connectivity index (χ4v) is 8.13. The first kappa shape index (κ1) is 46.4. The lowest BCUT2D eigenvalue weighted by atomic mass is 10.0. The third-order valence-electron chi connectivity index (χ3n) is 11.6. The van der Waals surface area contributed by atoms with Gasteiger partial charge in [-0.15, -0.1) is 0 Å². The van der Waals surface area contributed by atoms with Crippen molar-refractivity contribution in [2.75, 3.05) is 13.1 Å². The molecule has 0 aromatic carbocycles. The van der Waals surface area contributed by atoms with Gasteiger partial charge in [-0.3, -0.25) is 0 Å². The summed E-state index contributed by atoms with van der Waals surface area (Å²) in [5, 5.41) is 0. The molecule has 1 unspecified atom stereocenters. The molecule has 1 aliphatic rings. The van der Waals surface area contributed by atoms with Gasteiger partial charge in [0, 0.05) is 25.5 Å². The number of nitrogens with zero attached hydrogens (tertiary/aromatic N) is 2. The Morgan fingerprint density at radius 1 is 0.265 bits per heavy atom. The highest BCUT2D eigenvalue weighted by molar-refractivity contribution is 4.97. The molecule has 2 heteroatoms. The molecule has 1 aliphatic heterocycles. The van der Waals surface area contributed by atoms with Crippen LogP contribution in [0.2, 0.25) is 0 Å². The lowest BCUT2D eigenvalue weighted by molar-refractivity contribution is 0.135. The van der Waals surface area contributed by atoms with E-state index in [2.05, 4.69) is 43.0 Å². The normalized spacial score (nSPS) is 14.6. The zero-order chi connectivity index (χ0) is 35.1. The number of hydrogen-bond acceptors (Lipinski definition) is 2. The number of unbranched alkanes of at least 4 members (excludes halogenated alkanes) is 35. The van der Waals surface area contributed by atoms with Crippen LogP contribution in [0.4, 0.5) is 0 Å². The van der Waals surface area contributed by atoms with Crippen LogP contribution in [0.15, 0.2) is 12.4 Å². The van der Waals surface area contributed by atoms with Crippen molar-refractivity contribution in [3.8, 4) is 0 Å². The first-order chi connectivity index (χ1) is 24.3. The van der Waals surface area contributed by atoms with Gasteiger partial charge in [-0.2, -0.15) is 0 Å². The minimum Gasteiger partial charge on any atom is -0.356 e. The molecule has 1 rings (SSSR count). The van der Waals surface area contributed by atoms with Crippen molar-refractivity contribution in [3.05, 3.63) is 12.4 Å². The second kappa shape index (κ2) is 38.6. The van der Waals surface area contributed by atoms with Crippen molar-refractivity contribution in [2.24, 2.45) is 0 Å². The zero-order valence-corrected chi connectivity index (χ0v) is 34.6. The van der Waals surface area contributed by atoms with Gasteiger partial charge in [0.1, 0.15) is 6.17 Å². The molecule has 0 aromatic rings. The van der Waals surface area contributed by atoms with Gasteiger partial charge in [0.15, 0.2) is 0 Å². The summed E-state index contributed by atoms with van der Waals surface area (Å²) in [6.45, 7) is 9.49. The van der Waals surface area contributed by atoms with Crippen LogP contribution in [0, 0.1) is 0 Å². The largest absolute Gasteiger partial charge is 0.356 e. The molecule has 0 spiro atoms. The fourth-order valence-electron chi connectivity index (χ4n) is 8.13. The van der Waals surface area contributed by atoms with E-state index in [1.807, 2.05) is 0 Å². The molecule has 0 fully saturated rings. The Balaban J connectivity index is 2.16. The second-order valence-electron chi connectivity index (χ2n) is 16.4. The van der Waals surface area contributed by atoms with Gasteiger partial charge in [-0.25, -0.2) is 0 Å². The van der Waals surface area contributed by atoms with Crippen LogP contribution < -0.4 is 0 Å². The van der Waals surface area contributed by atoms with Crippen LogP contribution in [0.5, 0.6) is 0 Å². The van der Waals surface area contributed by atoms with Crippen molar-refractivity contribution in [1.82, 2.24) is 9.80 Å². The van der Waals surface area contributed by atoms with Gasteiger partial charge in [0.2, 0.25) is 0 Å². The van der Waals surface area contributed by atoms with Gasteiger partial charge >= 0.3 is 0 Å². The molecule has 1 atom stereocenters. The summed E-state index contributed by atoms with van der Waals surface area (Å²) in [4.78, 5) is 5.46. The third-order valence-corrected chi connectivity index (χ3v) is 11.6. The summed E-state index contributed by atoms with van der Waals surface area (Å²) in [5.74, 6) is 0. The maximum Gasteiger partial charge on any atom is 0.101 e. The third kappa shape index (κ3) is 30.7. The van der Waals surface area contributed by atoms with Gasteiger partial charge in [-0.05, 0) is 25.7 Å². The highest BCUT2D eigenvalue weighted by Crippen LogP contribution is 2.24. The first-order valence-electron chi connectivity index (χ1n) is 23.5. The molecule has 0 radical (unpaired) electrons. The summed E-state index contributed by atoms with van der Waals surface area (Å²) in [7, 11) is 0. The number of rotatable bonds is 41. The predicted octanol–water partition coefficient (Wildman–Crippen LogP) is 16.7. The van der Waals surface area contributed by atoms with E-state index in [9.17, 15) is 0 Å². The molecule has 2 nitrogen and oxygen atoms in total. The van der Waals surface area contributed by atoms with Crippen LogP contribution in [0.25, 0.3) is 0 Å². The standard InChI is InChI=1S/C47H94N2/c1-4-7-10-13-16-19-21-23-25-26-28-30-32-35-38-41-44-49-46-45-48(43-40-37-34-18-15-12-9-6-3)47(49)42-39-36-33-31-29-27-24-22-20-17-14-11-8-5-2/h45-47H,4-44H2,1-3H3. The molecule has 0 saturated carbocycles. The van der Waals surface area contributed by atoms with E-state index in [4.69, 9.17) is 0 Å². The Bertz CT molecular complexity index is 644. The Morgan fingerprint density at radius 3 is 0.714 bits per heavy atom. The van der Waals surface area contributed by atoms with Crippen LogP contribution in [0.3, 0.4) is 0 Å². The summed E-state index contributed by atoms with van der Waals surface area (Å²) in [6.07, 6.45) is 61.9. The Hall–Kier alpha value is -0.660. The van der Waals surface area contributed by atoms with Gasteiger partial charge in [-0.1, -0.05) is 245 Å². The molecule has 49 heavy (non-hydrogen) atoms. The van der Waals surface area contributed by atoms with Crippen LogP contribution in [-0.4, -0.2) is 29.1 Å². The van der Waals surface area contributed by atoms with Crippen LogP contribution in [0.1, 0.15) is 271 Å². The van der Waals surface area contributed by atoms with Crippen molar-refractivity contribution < 1.29 is 0 Å². The quantitative estimate of drug-likeness (QED) is 0.0591. The zero-order valence-electron chi connectivity index (χ0n) is 34.6. The molecule has 0 N–H and O–H groups in total. The summed E-state index contributed by atoms with van der Waals surface area (Å²) in [5.41, 5.74) is 0. The molecule has 0 amide bonds. The smallest absolute Gasteiger partial charge is 0.101 e. The van der Waals surface area contributed by atoms with E-state index in [0.29, 0.717) is 6.17 Å². The molecule has 1 heterocycles. The maximum atomic E-state index is 2.73. The monoisotopic (exact) mass is 687 g/mol. The van der Waals surface area contributed by atoms with Crippen molar-refractivity contribution in [3.63, 3.8) is 0 Å². The lowest BCUT2D eigenvalue weighted by Crippen LogP contribution is -2.39. The van der Waals surface area contributed by atoms with Crippen molar-refractivity contribution >= 4 is 0 Å². The topological polar surface area (TPSA) is 6.48 Å². The average Bonchev–Trinajstić information content (AvgIpc) is 3.50. The molecular formula is C47H94N2. The highest BCUT2D eigenvalue weighted by Gasteiger charge is 2.24. The molecule has 0 aromatic heterocycles. The lowest BCUT2D eigenvalue weighted by Gasteiger charge is -2.33. The molecule has 0 bridgehead atoms. The Labute approximate surface area is 311 Å². The first-order valence-corrected chi connectivity index (χ1v) is 23.5. The summed E-state index contributed by atoms with van der Waals surface area (Å²) < 4.78 is 0. The van der Waals surface area contributed by atoms with E-state index in [1.165, 1.54) is 264 Å².